The lowest BCUT2D eigenvalue weighted by Gasteiger charge is -2.60. The maximum Gasteiger partial charge on any atom is 0.206 e. The van der Waals surface area contributed by atoms with E-state index in [0.717, 1.165) is 31.3 Å². The van der Waals surface area contributed by atoms with E-state index in [2.05, 4.69) is 6.92 Å². The van der Waals surface area contributed by atoms with Gasteiger partial charge >= 0.3 is 0 Å². The van der Waals surface area contributed by atoms with Crippen LogP contribution in [0.15, 0.2) is 11.6 Å². The fourth-order valence-corrected chi connectivity index (χ4v) is 6.46. The monoisotopic (exact) mass is 334 g/mol. The summed E-state index contributed by atoms with van der Waals surface area (Å²) in [6, 6.07) is 0. The molecule has 4 rings (SSSR count). The molecule has 4 aliphatic carbocycles. The highest BCUT2D eigenvalue weighted by Crippen LogP contribution is 2.65. The highest BCUT2D eigenvalue weighted by atomic mass is 16.5. The molecule has 132 valence electrons. The van der Waals surface area contributed by atoms with Crippen LogP contribution in [0, 0.1) is 28.6 Å². The van der Waals surface area contributed by atoms with Gasteiger partial charge in [0.1, 0.15) is 5.78 Å². The molecule has 6 atom stereocenters. The molecule has 0 amide bonds. The number of ketones is 2. The second-order valence-corrected chi connectivity index (χ2v) is 8.74. The zero-order valence-electron chi connectivity index (χ0n) is 14.3. The van der Waals surface area contributed by atoms with Crippen LogP contribution in [0.4, 0.5) is 0 Å². The number of aliphatic hydroxyl groups is 3. The van der Waals surface area contributed by atoms with Crippen molar-refractivity contribution in [1.29, 1.82) is 0 Å². The summed E-state index contributed by atoms with van der Waals surface area (Å²) in [5, 5.41) is 31.6. The van der Waals surface area contributed by atoms with E-state index < -0.39 is 23.1 Å². The first-order valence-electron chi connectivity index (χ1n) is 9.05. The summed E-state index contributed by atoms with van der Waals surface area (Å²) >= 11 is 0. The predicted molar refractivity (Wildman–Crippen MR) is 85.7 cm³/mol. The van der Waals surface area contributed by atoms with Gasteiger partial charge in [-0.05, 0) is 55.9 Å². The summed E-state index contributed by atoms with van der Waals surface area (Å²) in [7, 11) is 0. The molecule has 1 unspecified atom stereocenters. The Morgan fingerprint density at radius 3 is 2.46 bits per heavy atom. The van der Waals surface area contributed by atoms with Crippen molar-refractivity contribution in [1.82, 2.24) is 0 Å². The average molecular weight is 334 g/mol. The van der Waals surface area contributed by atoms with E-state index in [1.807, 2.05) is 0 Å². The van der Waals surface area contributed by atoms with Crippen molar-refractivity contribution in [2.24, 2.45) is 28.6 Å². The molecule has 3 fully saturated rings. The molecule has 0 bridgehead atoms. The predicted octanol–water partition coefficient (Wildman–Crippen LogP) is 1.35. The van der Waals surface area contributed by atoms with E-state index in [4.69, 9.17) is 0 Å². The second kappa shape index (κ2) is 4.77. The smallest absolute Gasteiger partial charge is 0.206 e. The first-order chi connectivity index (χ1) is 11.1. The van der Waals surface area contributed by atoms with Gasteiger partial charge in [0.25, 0.3) is 0 Å². The summed E-state index contributed by atoms with van der Waals surface area (Å²) in [5.41, 5.74) is -0.567. The molecule has 0 saturated heterocycles. The fourth-order valence-electron chi connectivity index (χ4n) is 6.46. The van der Waals surface area contributed by atoms with E-state index in [-0.39, 0.29) is 23.2 Å². The van der Waals surface area contributed by atoms with E-state index in [0.29, 0.717) is 18.6 Å². The van der Waals surface area contributed by atoms with Crippen molar-refractivity contribution in [2.45, 2.75) is 64.3 Å². The van der Waals surface area contributed by atoms with Crippen LogP contribution in [0.5, 0.6) is 0 Å². The number of carbonyl (C=O) groups excluding carboxylic acids is 2. The van der Waals surface area contributed by atoms with Gasteiger partial charge in [-0.3, -0.25) is 9.59 Å². The molecular weight excluding hydrogens is 308 g/mol. The summed E-state index contributed by atoms with van der Waals surface area (Å²) in [6.07, 6.45) is 4.09. The Morgan fingerprint density at radius 1 is 1.04 bits per heavy atom. The molecule has 0 radical (unpaired) electrons. The highest BCUT2D eigenvalue weighted by molar-refractivity contribution is 5.96. The van der Waals surface area contributed by atoms with Gasteiger partial charge in [-0.25, -0.2) is 0 Å². The van der Waals surface area contributed by atoms with Gasteiger partial charge in [-0.1, -0.05) is 19.4 Å². The number of aliphatic hydroxyl groups excluding tert-OH is 1. The zero-order valence-corrected chi connectivity index (χ0v) is 14.3. The van der Waals surface area contributed by atoms with Crippen molar-refractivity contribution < 1.29 is 24.9 Å². The van der Waals surface area contributed by atoms with Gasteiger partial charge in [-0.2, -0.15) is 0 Å². The SMILES string of the molecule is C[C@@]12C(=CC(=O)C(O)C1(O)O)CC[C@@H]1[C@@H]2CC[C@]2(C)C(=O)CC[C@@H]12. The van der Waals surface area contributed by atoms with Crippen LogP contribution < -0.4 is 0 Å². The minimum Gasteiger partial charge on any atom is -0.379 e. The Bertz CT molecular complexity index is 650. The van der Waals surface area contributed by atoms with Crippen molar-refractivity contribution in [3.8, 4) is 0 Å². The zero-order chi connectivity index (χ0) is 17.5. The number of fused-ring (bicyclic) bond motifs is 5. The Balaban J connectivity index is 1.79. The maximum absolute atomic E-state index is 12.4. The van der Waals surface area contributed by atoms with Gasteiger partial charge in [0.05, 0.1) is 0 Å². The number of carbonyl (C=O) groups is 2. The van der Waals surface area contributed by atoms with Gasteiger partial charge in [0.2, 0.25) is 5.79 Å². The lowest BCUT2D eigenvalue weighted by Crippen LogP contribution is -2.67. The van der Waals surface area contributed by atoms with Crippen LogP contribution >= 0.6 is 0 Å². The van der Waals surface area contributed by atoms with Crippen LogP contribution in [0.1, 0.15) is 52.4 Å². The van der Waals surface area contributed by atoms with E-state index in [1.54, 1.807) is 6.92 Å². The van der Waals surface area contributed by atoms with Crippen LogP contribution in [0.25, 0.3) is 0 Å². The Kier molecular flexibility index (Phi) is 3.27. The van der Waals surface area contributed by atoms with Crippen molar-refractivity contribution >= 4 is 11.6 Å². The third-order valence-electron chi connectivity index (χ3n) is 8.03. The molecule has 0 aromatic heterocycles. The third-order valence-corrected chi connectivity index (χ3v) is 8.03. The molecular formula is C19H26O5. The van der Waals surface area contributed by atoms with Crippen LogP contribution in [0.2, 0.25) is 0 Å². The third kappa shape index (κ3) is 1.71. The Hall–Kier alpha value is -1.04. The number of hydrogen-bond donors (Lipinski definition) is 3. The molecule has 3 N–H and O–H groups in total. The summed E-state index contributed by atoms with van der Waals surface area (Å²) in [4.78, 5) is 24.3. The molecule has 24 heavy (non-hydrogen) atoms. The van der Waals surface area contributed by atoms with Crippen molar-refractivity contribution in [2.75, 3.05) is 0 Å². The second-order valence-electron chi connectivity index (χ2n) is 8.74. The molecule has 0 heterocycles. The molecule has 5 nitrogen and oxygen atoms in total. The summed E-state index contributed by atoms with van der Waals surface area (Å²) in [5.74, 6) is -2.25. The van der Waals surface area contributed by atoms with Gasteiger partial charge in [0, 0.05) is 17.3 Å². The van der Waals surface area contributed by atoms with Crippen LogP contribution in [-0.2, 0) is 9.59 Å². The van der Waals surface area contributed by atoms with Gasteiger partial charge < -0.3 is 15.3 Å². The van der Waals surface area contributed by atoms with Crippen molar-refractivity contribution in [3.05, 3.63) is 11.6 Å². The molecule has 4 aliphatic rings. The maximum atomic E-state index is 12.4. The van der Waals surface area contributed by atoms with Crippen LogP contribution in [-0.4, -0.2) is 38.8 Å². The number of hydrogen-bond acceptors (Lipinski definition) is 5. The van der Waals surface area contributed by atoms with E-state index in [9.17, 15) is 24.9 Å². The first-order valence-corrected chi connectivity index (χ1v) is 9.05. The topological polar surface area (TPSA) is 94.8 Å². The van der Waals surface area contributed by atoms with E-state index in [1.165, 1.54) is 6.08 Å². The molecule has 0 spiro atoms. The fraction of sp³-hybridized carbons (Fsp3) is 0.789. The minimum atomic E-state index is -2.45. The van der Waals surface area contributed by atoms with Crippen molar-refractivity contribution in [3.63, 3.8) is 0 Å². The molecule has 0 aromatic carbocycles. The Labute approximate surface area is 141 Å². The lowest BCUT2D eigenvalue weighted by atomic mass is 9.45. The number of Topliss-reactive ketones (excluding diaryl/α,β-unsaturated/α-hetero) is 1. The number of rotatable bonds is 0. The first kappa shape index (κ1) is 16.4. The standard InChI is InChI=1S/C19H26O5/c1-17-8-7-13-11(12(17)5-6-15(17)21)4-3-10-9-14(20)16(22)19(23,24)18(10,13)2/h9,11-13,16,22-24H,3-8H2,1-2H3/t11-,12-,13-,16?,17-,18-/m0/s1. The molecule has 5 heteroatoms. The summed E-state index contributed by atoms with van der Waals surface area (Å²) < 4.78 is 0. The average Bonchev–Trinajstić information content (AvgIpc) is 2.83. The summed E-state index contributed by atoms with van der Waals surface area (Å²) in [6.45, 7) is 3.85. The minimum absolute atomic E-state index is 0.0285. The normalized spacial score (nSPS) is 50.0. The van der Waals surface area contributed by atoms with Crippen LogP contribution in [0.3, 0.4) is 0 Å². The molecule has 0 aliphatic heterocycles. The van der Waals surface area contributed by atoms with Gasteiger partial charge in [0.15, 0.2) is 11.9 Å². The lowest BCUT2D eigenvalue weighted by molar-refractivity contribution is -0.298. The molecule has 3 saturated carbocycles. The van der Waals surface area contributed by atoms with E-state index >= 15 is 0 Å². The largest absolute Gasteiger partial charge is 0.379 e. The Morgan fingerprint density at radius 2 is 1.75 bits per heavy atom. The quantitative estimate of drug-likeness (QED) is 0.581. The van der Waals surface area contributed by atoms with Gasteiger partial charge in [-0.15, -0.1) is 0 Å². The highest BCUT2D eigenvalue weighted by Gasteiger charge is 2.67. The molecule has 0 aromatic rings.